The van der Waals surface area contributed by atoms with Crippen molar-refractivity contribution in [1.82, 2.24) is 0 Å². The van der Waals surface area contributed by atoms with E-state index in [1.54, 1.807) is 0 Å². The molecule has 0 aromatic carbocycles. The molecular weight excluding hydrogens is 248 g/mol. The Kier molecular flexibility index (Phi) is 5.56. The molecule has 17 heavy (non-hydrogen) atoms. The maximum Gasteiger partial charge on any atom is 0.0695 e. The van der Waals surface area contributed by atoms with E-state index >= 15 is 0 Å². The minimum atomic E-state index is -0.0550. The number of rotatable bonds is 2. The van der Waals surface area contributed by atoms with Crippen molar-refractivity contribution < 1.29 is 5.11 Å². The highest BCUT2D eigenvalue weighted by Crippen LogP contribution is 2.40. The summed E-state index contributed by atoms with van der Waals surface area (Å²) in [6, 6.07) is 0. The standard InChI is InChI=1S/C14H26OS2/c1-10-11(2)17-13(9-16-10)14(15)12-7-5-3-4-6-8-12/h10-15H,3-9H2,1-2H3. The van der Waals surface area contributed by atoms with E-state index < -0.39 is 0 Å². The summed E-state index contributed by atoms with van der Waals surface area (Å²) in [5.41, 5.74) is 0. The van der Waals surface area contributed by atoms with Crippen LogP contribution < -0.4 is 0 Å². The Labute approximate surface area is 115 Å². The molecule has 2 aliphatic rings. The molecule has 2 fully saturated rings. The quantitative estimate of drug-likeness (QED) is 0.770. The van der Waals surface area contributed by atoms with Crippen LogP contribution in [-0.2, 0) is 0 Å². The Morgan fingerprint density at radius 2 is 1.65 bits per heavy atom. The van der Waals surface area contributed by atoms with Crippen LogP contribution in [0.15, 0.2) is 0 Å². The molecule has 1 saturated carbocycles. The fraction of sp³-hybridized carbons (Fsp3) is 1.00. The molecule has 3 heteroatoms. The molecule has 0 amide bonds. The molecule has 4 atom stereocenters. The molecular formula is C14H26OS2. The van der Waals surface area contributed by atoms with Gasteiger partial charge in [-0.15, -0.1) is 0 Å². The summed E-state index contributed by atoms with van der Waals surface area (Å²) in [5.74, 6) is 1.73. The van der Waals surface area contributed by atoms with Crippen LogP contribution in [0.4, 0.5) is 0 Å². The van der Waals surface area contributed by atoms with Gasteiger partial charge in [-0.25, -0.2) is 0 Å². The number of aliphatic hydroxyl groups is 1. The van der Waals surface area contributed by atoms with Gasteiger partial charge in [-0.2, -0.15) is 23.5 Å². The number of aliphatic hydroxyl groups excluding tert-OH is 1. The van der Waals surface area contributed by atoms with Gasteiger partial charge in [0.25, 0.3) is 0 Å². The van der Waals surface area contributed by atoms with Crippen molar-refractivity contribution in [2.75, 3.05) is 5.75 Å². The van der Waals surface area contributed by atoms with E-state index in [1.165, 1.54) is 38.5 Å². The molecule has 1 N–H and O–H groups in total. The highest BCUT2D eigenvalue weighted by molar-refractivity contribution is 8.07. The predicted octanol–water partition coefficient (Wildman–Crippen LogP) is 3.94. The van der Waals surface area contributed by atoms with E-state index in [2.05, 4.69) is 25.6 Å². The molecule has 1 saturated heterocycles. The van der Waals surface area contributed by atoms with Crippen LogP contribution in [0.3, 0.4) is 0 Å². The summed E-state index contributed by atoms with van der Waals surface area (Å²) in [7, 11) is 0. The van der Waals surface area contributed by atoms with Crippen LogP contribution in [0.25, 0.3) is 0 Å². The van der Waals surface area contributed by atoms with E-state index in [1.807, 2.05) is 11.8 Å². The van der Waals surface area contributed by atoms with Gasteiger partial charge in [0.05, 0.1) is 6.10 Å². The van der Waals surface area contributed by atoms with Crippen LogP contribution in [0.5, 0.6) is 0 Å². The molecule has 1 aliphatic carbocycles. The summed E-state index contributed by atoms with van der Waals surface area (Å²) < 4.78 is 0. The van der Waals surface area contributed by atoms with E-state index in [9.17, 15) is 5.11 Å². The predicted molar refractivity (Wildman–Crippen MR) is 80.0 cm³/mol. The molecule has 0 aromatic heterocycles. The minimum absolute atomic E-state index is 0.0550. The first kappa shape index (κ1) is 14.1. The van der Waals surface area contributed by atoms with Crippen molar-refractivity contribution in [3.05, 3.63) is 0 Å². The van der Waals surface area contributed by atoms with Gasteiger partial charge in [-0.05, 0) is 18.8 Å². The fourth-order valence-corrected chi connectivity index (χ4v) is 6.04. The first-order valence-corrected chi connectivity index (χ1v) is 9.12. The topological polar surface area (TPSA) is 20.2 Å². The van der Waals surface area contributed by atoms with Crippen molar-refractivity contribution in [1.29, 1.82) is 0 Å². The van der Waals surface area contributed by atoms with E-state index in [0.717, 1.165) is 11.0 Å². The zero-order valence-corrected chi connectivity index (χ0v) is 12.7. The molecule has 0 aromatic rings. The summed E-state index contributed by atoms with van der Waals surface area (Å²) in [4.78, 5) is 0. The molecule has 2 rings (SSSR count). The third-order valence-electron chi connectivity index (χ3n) is 4.34. The van der Waals surface area contributed by atoms with Crippen molar-refractivity contribution >= 4 is 23.5 Å². The Hall–Kier alpha value is 0.660. The van der Waals surface area contributed by atoms with Crippen LogP contribution >= 0.6 is 23.5 Å². The second-order valence-electron chi connectivity index (χ2n) is 5.66. The van der Waals surface area contributed by atoms with Crippen LogP contribution in [0.2, 0.25) is 0 Å². The van der Waals surface area contributed by atoms with Gasteiger partial charge >= 0.3 is 0 Å². The Morgan fingerprint density at radius 1 is 1.00 bits per heavy atom. The number of thioether (sulfide) groups is 2. The third-order valence-corrected chi connectivity index (χ3v) is 7.84. The van der Waals surface area contributed by atoms with Gasteiger partial charge in [0.1, 0.15) is 0 Å². The smallest absolute Gasteiger partial charge is 0.0695 e. The average Bonchev–Trinajstić information content (AvgIpc) is 2.60. The van der Waals surface area contributed by atoms with Crippen LogP contribution in [0.1, 0.15) is 52.4 Å². The lowest BCUT2D eigenvalue weighted by atomic mass is 9.92. The second kappa shape index (κ2) is 6.72. The zero-order chi connectivity index (χ0) is 12.3. The van der Waals surface area contributed by atoms with Gasteiger partial charge in [0.2, 0.25) is 0 Å². The summed E-state index contributed by atoms with van der Waals surface area (Å²) in [6.07, 6.45) is 7.88. The second-order valence-corrected chi connectivity index (χ2v) is 8.69. The molecule has 100 valence electrons. The zero-order valence-electron chi connectivity index (χ0n) is 11.1. The summed E-state index contributed by atoms with van der Waals surface area (Å²) >= 11 is 4.08. The minimum Gasteiger partial charge on any atom is -0.392 e. The highest BCUT2D eigenvalue weighted by Gasteiger charge is 2.34. The van der Waals surface area contributed by atoms with Crippen LogP contribution in [0, 0.1) is 5.92 Å². The lowest BCUT2D eigenvalue weighted by molar-refractivity contribution is 0.100. The Bertz CT molecular complexity index is 226. The molecule has 1 nitrogen and oxygen atoms in total. The molecule has 4 unspecified atom stereocenters. The SMILES string of the molecule is CC1SCC(C(O)C2CCCCCC2)SC1C. The van der Waals surface area contributed by atoms with Gasteiger partial charge in [-0.3, -0.25) is 0 Å². The molecule has 0 radical (unpaired) electrons. The third kappa shape index (κ3) is 3.81. The van der Waals surface area contributed by atoms with Crippen molar-refractivity contribution in [3.8, 4) is 0 Å². The summed E-state index contributed by atoms with van der Waals surface area (Å²) in [6.45, 7) is 4.63. The van der Waals surface area contributed by atoms with Gasteiger partial charge in [0, 0.05) is 21.5 Å². The van der Waals surface area contributed by atoms with Gasteiger partial charge in [0.15, 0.2) is 0 Å². The van der Waals surface area contributed by atoms with E-state index in [0.29, 0.717) is 16.4 Å². The van der Waals surface area contributed by atoms with E-state index in [4.69, 9.17) is 0 Å². The highest BCUT2D eigenvalue weighted by atomic mass is 32.2. The molecule has 0 spiro atoms. The normalized spacial score (nSPS) is 38.6. The van der Waals surface area contributed by atoms with Gasteiger partial charge in [-0.1, -0.05) is 39.5 Å². The maximum absolute atomic E-state index is 10.6. The molecule has 1 aliphatic heterocycles. The fourth-order valence-electron chi connectivity index (χ4n) is 2.94. The molecule has 1 heterocycles. The first-order valence-electron chi connectivity index (χ1n) is 7.13. The number of hydrogen-bond acceptors (Lipinski definition) is 3. The molecule has 0 bridgehead atoms. The van der Waals surface area contributed by atoms with Crippen molar-refractivity contribution in [2.24, 2.45) is 5.92 Å². The Morgan fingerprint density at radius 3 is 2.24 bits per heavy atom. The van der Waals surface area contributed by atoms with Crippen molar-refractivity contribution in [3.63, 3.8) is 0 Å². The maximum atomic E-state index is 10.6. The van der Waals surface area contributed by atoms with E-state index in [-0.39, 0.29) is 6.10 Å². The van der Waals surface area contributed by atoms with Crippen LogP contribution in [-0.4, -0.2) is 32.7 Å². The Balaban J connectivity index is 1.87. The lowest BCUT2D eigenvalue weighted by Crippen LogP contribution is -2.38. The van der Waals surface area contributed by atoms with Gasteiger partial charge < -0.3 is 5.11 Å². The van der Waals surface area contributed by atoms with Crippen molar-refractivity contribution in [2.45, 2.75) is 74.2 Å². The first-order chi connectivity index (χ1) is 8.18. The number of hydrogen-bond donors (Lipinski definition) is 1. The average molecular weight is 274 g/mol. The summed E-state index contributed by atoms with van der Waals surface area (Å²) in [5, 5.41) is 12.5. The monoisotopic (exact) mass is 274 g/mol. The largest absolute Gasteiger partial charge is 0.392 e. The lowest BCUT2D eigenvalue weighted by Gasteiger charge is -2.36.